The molecule has 0 aliphatic carbocycles. The van der Waals surface area contributed by atoms with Crippen LogP contribution in [0.3, 0.4) is 0 Å². The molecule has 0 aliphatic heterocycles. The summed E-state index contributed by atoms with van der Waals surface area (Å²) in [5, 5.41) is 3.81. The minimum absolute atomic E-state index is 0.183. The standard InChI is InChI=1S/C16H15N5O/c17-14-7-8-15(13-2-1-9-18-16(13)14)21-20-12-5-3-11(4-6-12)10-19-22/h1-9,20-21H,10,17H2. The molecule has 3 rings (SSSR count). The predicted molar refractivity (Wildman–Crippen MR) is 89.3 cm³/mol. The maximum atomic E-state index is 10.2. The first kappa shape index (κ1) is 13.8. The number of nitrogen functional groups attached to an aromatic ring is 1. The smallest absolute Gasteiger partial charge is 0.106 e. The van der Waals surface area contributed by atoms with Crippen LogP contribution in [0.25, 0.3) is 10.9 Å². The van der Waals surface area contributed by atoms with E-state index in [9.17, 15) is 4.91 Å². The highest BCUT2D eigenvalue weighted by Crippen LogP contribution is 2.26. The first-order chi connectivity index (χ1) is 10.8. The maximum absolute atomic E-state index is 10.2. The van der Waals surface area contributed by atoms with E-state index in [2.05, 4.69) is 21.0 Å². The van der Waals surface area contributed by atoms with Gasteiger partial charge in [-0.3, -0.25) is 4.98 Å². The largest absolute Gasteiger partial charge is 0.397 e. The lowest BCUT2D eigenvalue weighted by Crippen LogP contribution is -2.09. The molecule has 0 atom stereocenters. The van der Waals surface area contributed by atoms with E-state index in [1.54, 1.807) is 6.20 Å². The molecule has 22 heavy (non-hydrogen) atoms. The van der Waals surface area contributed by atoms with Gasteiger partial charge >= 0.3 is 0 Å². The molecule has 1 heterocycles. The van der Waals surface area contributed by atoms with E-state index in [1.165, 1.54) is 0 Å². The minimum Gasteiger partial charge on any atom is -0.397 e. The van der Waals surface area contributed by atoms with Gasteiger partial charge in [0.1, 0.15) is 6.54 Å². The Morgan fingerprint density at radius 3 is 2.64 bits per heavy atom. The number of pyridine rings is 1. The second-order valence-corrected chi connectivity index (χ2v) is 4.84. The lowest BCUT2D eigenvalue weighted by Gasteiger charge is -2.13. The number of hydrazine groups is 1. The van der Waals surface area contributed by atoms with Crippen LogP contribution in [-0.4, -0.2) is 4.98 Å². The lowest BCUT2D eigenvalue weighted by molar-refractivity contribution is 1.05. The predicted octanol–water partition coefficient (Wildman–Crippen LogP) is 3.52. The van der Waals surface area contributed by atoms with Gasteiger partial charge in [0.25, 0.3) is 0 Å². The van der Waals surface area contributed by atoms with E-state index < -0.39 is 0 Å². The topological polar surface area (TPSA) is 92.4 Å². The molecule has 0 radical (unpaired) electrons. The van der Waals surface area contributed by atoms with Crippen LogP contribution in [0.4, 0.5) is 17.1 Å². The molecule has 0 bridgehead atoms. The Morgan fingerprint density at radius 2 is 1.86 bits per heavy atom. The lowest BCUT2D eigenvalue weighted by atomic mass is 10.1. The van der Waals surface area contributed by atoms with Crippen LogP contribution < -0.4 is 16.6 Å². The zero-order valence-corrected chi connectivity index (χ0v) is 11.8. The fraction of sp³-hybridized carbons (Fsp3) is 0.0625. The number of anilines is 3. The summed E-state index contributed by atoms with van der Waals surface area (Å²) in [4.78, 5) is 14.5. The normalized spacial score (nSPS) is 10.4. The van der Waals surface area contributed by atoms with Gasteiger partial charge in [-0.15, -0.1) is 0 Å². The van der Waals surface area contributed by atoms with Crippen molar-refractivity contribution >= 4 is 28.0 Å². The number of benzene rings is 2. The minimum atomic E-state index is 0.183. The zero-order chi connectivity index (χ0) is 15.4. The number of fused-ring (bicyclic) bond motifs is 1. The molecule has 4 N–H and O–H groups in total. The molecule has 2 aromatic carbocycles. The molecule has 0 spiro atoms. The zero-order valence-electron chi connectivity index (χ0n) is 11.8. The molecule has 0 amide bonds. The Labute approximate surface area is 127 Å². The molecule has 6 nitrogen and oxygen atoms in total. The summed E-state index contributed by atoms with van der Waals surface area (Å²) >= 11 is 0. The van der Waals surface area contributed by atoms with Gasteiger partial charge < -0.3 is 16.6 Å². The third-order valence-electron chi connectivity index (χ3n) is 3.34. The van der Waals surface area contributed by atoms with Gasteiger partial charge in [-0.25, -0.2) is 0 Å². The summed E-state index contributed by atoms with van der Waals surface area (Å²) in [7, 11) is 0. The van der Waals surface area contributed by atoms with E-state index in [1.807, 2.05) is 48.5 Å². The highest BCUT2D eigenvalue weighted by Gasteiger charge is 2.04. The van der Waals surface area contributed by atoms with Crippen molar-refractivity contribution in [2.75, 3.05) is 16.6 Å². The van der Waals surface area contributed by atoms with E-state index in [4.69, 9.17) is 5.73 Å². The van der Waals surface area contributed by atoms with Crippen molar-refractivity contribution in [3.05, 3.63) is 65.2 Å². The van der Waals surface area contributed by atoms with Crippen molar-refractivity contribution in [2.24, 2.45) is 5.18 Å². The quantitative estimate of drug-likeness (QED) is 0.380. The van der Waals surface area contributed by atoms with Gasteiger partial charge in [0.05, 0.1) is 22.6 Å². The molecule has 3 aromatic rings. The van der Waals surface area contributed by atoms with Crippen LogP contribution in [-0.2, 0) is 6.54 Å². The van der Waals surface area contributed by atoms with Gasteiger partial charge in [0, 0.05) is 11.6 Å². The first-order valence-electron chi connectivity index (χ1n) is 6.81. The molecule has 0 fully saturated rings. The average Bonchev–Trinajstić information content (AvgIpc) is 2.56. The van der Waals surface area contributed by atoms with E-state index >= 15 is 0 Å². The number of nitrogens with two attached hydrogens (primary N) is 1. The molecule has 0 aliphatic rings. The van der Waals surface area contributed by atoms with Crippen LogP contribution in [0.5, 0.6) is 0 Å². The molecular formula is C16H15N5O. The number of hydrogen-bond acceptors (Lipinski definition) is 6. The Bertz CT molecular complexity index is 801. The highest BCUT2D eigenvalue weighted by molar-refractivity contribution is 5.98. The Kier molecular flexibility index (Phi) is 3.82. The monoisotopic (exact) mass is 293 g/mol. The summed E-state index contributed by atoms with van der Waals surface area (Å²) in [6.07, 6.45) is 1.72. The molecule has 6 heteroatoms. The SMILES string of the molecule is Nc1ccc(NNc2ccc(CN=O)cc2)c2cccnc12. The first-order valence-corrected chi connectivity index (χ1v) is 6.81. The Hall–Kier alpha value is -3.15. The molecule has 0 saturated carbocycles. The van der Waals surface area contributed by atoms with Crippen molar-refractivity contribution in [1.82, 2.24) is 4.98 Å². The number of rotatable bonds is 5. The summed E-state index contributed by atoms with van der Waals surface area (Å²) < 4.78 is 0. The third-order valence-corrected chi connectivity index (χ3v) is 3.34. The van der Waals surface area contributed by atoms with E-state index in [0.29, 0.717) is 5.69 Å². The molecule has 0 saturated heterocycles. The molecular weight excluding hydrogens is 278 g/mol. The number of nitrogens with one attached hydrogen (secondary N) is 2. The summed E-state index contributed by atoms with van der Waals surface area (Å²) in [5.41, 5.74) is 16.3. The summed E-state index contributed by atoms with van der Waals surface area (Å²) in [6.45, 7) is 0.183. The molecule has 110 valence electrons. The third kappa shape index (κ3) is 2.80. The van der Waals surface area contributed by atoms with Gasteiger partial charge in [-0.05, 0) is 42.0 Å². The number of aromatic nitrogens is 1. The number of nitroso groups, excluding NO2 is 1. The number of nitrogens with zero attached hydrogens (tertiary/aromatic N) is 2. The van der Waals surface area contributed by atoms with Crippen molar-refractivity contribution in [1.29, 1.82) is 0 Å². The van der Waals surface area contributed by atoms with E-state index in [0.717, 1.165) is 27.8 Å². The molecule has 0 unspecified atom stereocenters. The Balaban J connectivity index is 1.79. The fourth-order valence-electron chi connectivity index (χ4n) is 2.21. The second-order valence-electron chi connectivity index (χ2n) is 4.84. The van der Waals surface area contributed by atoms with Crippen molar-refractivity contribution in [2.45, 2.75) is 6.54 Å². The van der Waals surface area contributed by atoms with Gasteiger partial charge in [-0.2, -0.15) is 4.91 Å². The summed E-state index contributed by atoms with van der Waals surface area (Å²) in [5.74, 6) is 0. The van der Waals surface area contributed by atoms with Crippen LogP contribution in [0.1, 0.15) is 5.56 Å². The average molecular weight is 293 g/mol. The van der Waals surface area contributed by atoms with E-state index in [-0.39, 0.29) is 6.54 Å². The van der Waals surface area contributed by atoms with Crippen LogP contribution in [0.15, 0.2) is 59.9 Å². The van der Waals surface area contributed by atoms with Gasteiger partial charge in [-0.1, -0.05) is 17.3 Å². The second kappa shape index (κ2) is 6.09. The summed E-state index contributed by atoms with van der Waals surface area (Å²) in [6, 6.07) is 15.0. The maximum Gasteiger partial charge on any atom is 0.106 e. The van der Waals surface area contributed by atoms with Crippen LogP contribution in [0, 0.1) is 4.91 Å². The van der Waals surface area contributed by atoms with Crippen molar-refractivity contribution in [3.8, 4) is 0 Å². The fourth-order valence-corrected chi connectivity index (χ4v) is 2.21. The molecule has 1 aromatic heterocycles. The van der Waals surface area contributed by atoms with Crippen molar-refractivity contribution in [3.63, 3.8) is 0 Å². The van der Waals surface area contributed by atoms with Crippen LogP contribution in [0.2, 0.25) is 0 Å². The highest BCUT2D eigenvalue weighted by atomic mass is 16.3. The van der Waals surface area contributed by atoms with Gasteiger partial charge in [0.15, 0.2) is 0 Å². The van der Waals surface area contributed by atoms with Crippen LogP contribution >= 0.6 is 0 Å². The number of hydrogen-bond donors (Lipinski definition) is 3. The Morgan fingerprint density at radius 1 is 1.05 bits per heavy atom. The van der Waals surface area contributed by atoms with Gasteiger partial charge in [0.2, 0.25) is 0 Å². The van der Waals surface area contributed by atoms with Crippen molar-refractivity contribution < 1.29 is 0 Å².